The van der Waals surface area contributed by atoms with Crippen molar-refractivity contribution < 1.29 is 4.79 Å². The molecule has 8 heteroatoms. The highest BCUT2D eigenvalue weighted by Gasteiger charge is 2.12. The minimum Gasteiger partial charge on any atom is -0.309 e. The van der Waals surface area contributed by atoms with Crippen molar-refractivity contribution in [2.45, 2.75) is 13.5 Å². The first-order valence-corrected chi connectivity index (χ1v) is 8.40. The Morgan fingerprint density at radius 3 is 2.74 bits per heavy atom. The summed E-state index contributed by atoms with van der Waals surface area (Å²) in [5.74, 6) is 1.01. The second-order valence-electron chi connectivity index (χ2n) is 5.98. The van der Waals surface area contributed by atoms with Crippen LogP contribution in [0.1, 0.15) is 5.69 Å². The number of rotatable bonds is 5. The van der Waals surface area contributed by atoms with Gasteiger partial charge in [0.25, 0.3) is 0 Å². The van der Waals surface area contributed by atoms with Crippen LogP contribution >= 0.6 is 0 Å². The molecule has 4 aromatic heterocycles. The molecule has 0 spiro atoms. The molecule has 0 fully saturated rings. The second-order valence-corrected chi connectivity index (χ2v) is 5.98. The standard InChI is InChI=1S/C19H17N7O/c1-14-10-18(26(24-14)17-4-2-3-7-21-17)23-19(27)13-25-12-16(11-22-25)15-5-8-20-9-6-15/h2-12H,13H2,1H3,(H,23,27). The van der Waals surface area contributed by atoms with Crippen LogP contribution in [-0.2, 0) is 11.3 Å². The molecular formula is C19H17N7O. The van der Waals surface area contributed by atoms with Crippen LogP contribution in [0.25, 0.3) is 16.9 Å². The lowest BCUT2D eigenvalue weighted by molar-refractivity contribution is -0.116. The van der Waals surface area contributed by atoms with Gasteiger partial charge in [0.15, 0.2) is 5.82 Å². The molecule has 0 unspecified atom stereocenters. The van der Waals surface area contributed by atoms with Gasteiger partial charge in [-0.2, -0.15) is 14.9 Å². The van der Waals surface area contributed by atoms with Crippen molar-refractivity contribution in [1.29, 1.82) is 0 Å². The Hall–Kier alpha value is -3.81. The number of nitrogens with zero attached hydrogens (tertiary/aromatic N) is 6. The van der Waals surface area contributed by atoms with Crippen LogP contribution in [0.5, 0.6) is 0 Å². The Bertz CT molecular complexity index is 1050. The summed E-state index contributed by atoms with van der Waals surface area (Å²) in [4.78, 5) is 20.8. The molecule has 0 aliphatic carbocycles. The van der Waals surface area contributed by atoms with Gasteiger partial charge >= 0.3 is 0 Å². The van der Waals surface area contributed by atoms with E-state index in [1.807, 2.05) is 43.5 Å². The molecule has 0 aliphatic rings. The number of carbonyl (C=O) groups excluding carboxylic acids is 1. The van der Waals surface area contributed by atoms with Crippen LogP contribution in [0, 0.1) is 6.92 Å². The third-order valence-corrected chi connectivity index (χ3v) is 3.92. The second kappa shape index (κ2) is 7.20. The topological polar surface area (TPSA) is 90.5 Å². The summed E-state index contributed by atoms with van der Waals surface area (Å²) in [5.41, 5.74) is 2.72. The predicted molar refractivity (Wildman–Crippen MR) is 100 cm³/mol. The molecule has 0 atom stereocenters. The molecule has 0 aromatic carbocycles. The number of anilines is 1. The molecule has 0 aliphatic heterocycles. The Morgan fingerprint density at radius 1 is 1.11 bits per heavy atom. The molecule has 0 radical (unpaired) electrons. The van der Waals surface area contributed by atoms with Gasteiger partial charge in [-0.3, -0.25) is 14.5 Å². The molecule has 1 amide bonds. The van der Waals surface area contributed by atoms with Gasteiger partial charge < -0.3 is 5.32 Å². The maximum atomic E-state index is 12.5. The van der Waals surface area contributed by atoms with E-state index in [0.717, 1.165) is 16.8 Å². The largest absolute Gasteiger partial charge is 0.309 e. The predicted octanol–water partition coefficient (Wildman–Crippen LogP) is 2.47. The molecule has 4 aromatic rings. The van der Waals surface area contributed by atoms with Crippen molar-refractivity contribution in [3.63, 3.8) is 0 Å². The zero-order valence-electron chi connectivity index (χ0n) is 14.6. The average Bonchev–Trinajstić information content (AvgIpc) is 3.29. The maximum absolute atomic E-state index is 12.5. The molecule has 4 heterocycles. The number of carbonyl (C=O) groups is 1. The number of pyridine rings is 2. The van der Waals surface area contributed by atoms with Crippen molar-refractivity contribution in [3.8, 4) is 16.9 Å². The number of aryl methyl sites for hydroxylation is 1. The van der Waals surface area contributed by atoms with Gasteiger partial charge in [-0.05, 0) is 36.8 Å². The van der Waals surface area contributed by atoms with E-state index >= 15 is 0 Å². The number of hydrogen-bond donors (Lipinski definition) is 1. The van der Waals surface area contributed by atoms with Gasteiger partial charge in [0.2, 0.25) is 5.91 Å². The van der Waals surface area contributed by atoms with Gasteiger partial charge in [0.05, 0.1) is 11.9 Å². The van der Waals surface area contributed by atoms with Crippen LogP contribution in [-0.4, -0.2) is 35.4 Å². The number of hydrogen-bond acceptors (Lipinski definition) is 5. The van der Waals surface area contributed by atoms with Gasteiger partial charge in [-0.25, -0.2) is 4.98 Å². The zero-order valence-corrected chi connectivity index (χ0v) is 14.6. The molecule has 0 saturated carbocycles. The molecule has 27 heavy (non-hydrogen) atoms. The van der Waals surface area contributed by atoms with Crippen LogP contribution < -0.4 is 5.32 Å². The minimum absolute atomic E-state index is 0.0948. The third-order valence-electron chi connectivity index (χ3n) is 3.92. The highest BCUT2D eigenvalue weighted by Crippen LogP contribution is 2.18. The Balaban J connectivity index is 1.49. The SMILES string of the molecule is Cc1cc(NC(=O)Cn2cc(-c3ccncc3)cn2)n(-c2ccccn2)n1. The fourth-order valence-corrected chi connectivity index (χ4v) is 2.72. The minimum atomic E-state index is -0.198. The smallest absolute Gasteiger partial charge is 0.247 e. The van der Waals surface area contributed by atoms with E-state index in [0.29, 0.717) is 11.6 Å². The van der Waals surface area contributed by atoms with Gasteiger partial charge in [-0.1, -0.05) is 6.07 Å². The first-order chi connectivity index (χ1) is 13.2. The summed E-state index contributed by atoms with van der Waals surface area (Å²) >= 11 is 0. The Labute approximate surface area is 155 Å². The summed E-state index contributed by atoms with van der Waals surface area (Å²) in [6.45, 7) is 1.96. The lowest BCUT2D eigenvalue weighted by atomic mass is 10.1. The van der Waals surface area contributed by atoms with E-state index in [9.17, 15) is 4.79 Å². The first-order valence-electron chi connectivity index (χ1n) is 8.40. The monoisotopic (exact) mass is 359 g/mol. The summed E-state index contributed by atoms with van der Waals surface area (Å²) < 4.78 is 3.21. The molecule has 0 bridgehead atoms. The van der Waals surface area contributed by atoms with Gasteiger partial charge in [-0.15, -0.1) is 0 Å². The molecule has 4 rings (SSSR count). The fraction of sp³-hybridized carbons (Fsp3) is 0.105. The van der Waals surface area contributed by atoms with Crippen molar-refractivity contribution in [2.75, 3.05) is 5.32 Å². The van der Waals surface area contributed by atoms with Crippen molar-refractivity contribution in [3.05, 3.63) is 73.1 Å². The Morgan fingerprint density at radius 2 is 1.96 bits per heavy atom. The van der Waals surface area contributed by atoms with Crippen LogP contribution in [0.4, 0.5) is 5.82 Å². The molecule has 0 saturated heterocycles. The van der Waals surface area contributed by atoms with E-state index in [2.05, 4.69) is 25.5 Å². The molecular weight excluding hydrogens is 342 g/mol. The van der Waals surface area contributed by atoms with Crippen molar-refractivity contribution in [2.24, 2.45) is 0 Å². The normalized spacial score (nSPS) is 10.7. The summed E-state index contributed by atoms with van der Waals surface area (Å²) in [6, 6.07) is 11.1. The molecule has 1 N–H and O–H groups in total. The summed E-state index contributed by atoms with van der Waals surface area (Å²) in [6.07, 6.45) is 8.68. The first kappa shape index (κ1) is 16.6. The van der Waals surface area contributed by atoms with Gasteiger partial charge in [0.1, 0.15) is 12.4 Å². The van der Waals surface area contributed by atoms with Crippen LogP contribution in [0.15, 0.2) is 67.4 Å². The van der Waals surface area contributed by atoms with Gasteiger partial charge in [0, 0.05) is 36.4 Å². The average molecular weight is 359 g/mol. The summed E-state index contributed by atoms with van der Waals surface area (Å²) in [7, 11) is 0. The zero-order chi connectivity index (χ0) is 18.6. The van der Waals surface area contributed by atoms with E-state index < -0.39 is 0 Å². The van der Waals surface area contributed by atoms with E-state index in [-0.39, 0.29) is 12.5 Å². The number of amides is 1. The highest BCUT2D eigenvalue weighted by atomic mass is 16.2. The Kier molecular flexibility index (Phi) is 4.44. The van der Waals surface area contributed by atoms with E-state index in [4.69, 9.17) is 0 Å². The number of nitrogens with one attached hydrogen (secondary N) is 1. The van der Waals surface area contributed by atoms with Crippen molar-refractivity contribution >= 4 is 11.7 Å². The summed E-state index contributed by atoms with van der Waals surface area (Å²) in [5, 5.41) is 11.5. The lowest BCUT2D eigenvalue weighted by Crippen LogP contribution is -2.21. The van der Waals surface area contributed by atoms with Crippen molar-refractivity contribution in [1.82, 2.24) is 29.5 Å². The number of aromatic nitrogens is 6. The van der Waals surface area contributed by atoms with E-state index in [1.54, 1.807) is 40.2 Å². The molecule has 8 nitrogen and oxygen atoms in total. The highest BCUT2D eigenvalue weighted by molar-refractivity contribution is 5.90. The maximum Gasteiger partial charge on any atom is 0.247 e. The van der Waals surface area contributed by atoms with E-state index in [1.165, 1.54) is 0 Å². The molecule has 134 valence electrons. The van der Waals surface area contributed by atoms with Crippen LogP contribution in [0.3, 0.4) is 0 Å². The lowest BCUT2D eigenvalue weighted by Gasteiger charge is -2.08. The third kappa shape index (κ3) is 3.74. The quantitative estimate of drug-likeness (QED) is 0.591. The van der Waals surface area contributed by atoms with Crippen LogP contribution in [0.2, 0.25) is 0 Å². The fourth-order valence-electron chi connectivity index (χ4n) is 2.72.